The van der Waals surface area contributed by atoms with E-state index in [0.29, 0.717) is 0 Å². The van der Waals surface area contributed by atoms with Crippen LogP contribution < -0.4 is 0 Å². The Morgan fingerprint density at radius 2 is 2.33 bits per heavy atom. The molecule has 1 heterocycles. The van der Waals surface area contributed by atoms with E-state index in [9.17, 15) is 0 Å². The molecule has 0 amide bonds. The molecule has 1 atom stereocenters. The van der Waals surface area contributed by atoms with Crippen LogP contribution in [0.3, 0.4) is 0 Å². The quantitative estimate of drug-likeness (QED) is 0.583. The molecule has 0 radical (unpaired) electrons. The maximum atomic E-state index is 2.28. The van der Waals surface area contributed by atoms with Crippen molar-refractivity contribution in [3.63, 3.8) is 0 Å². The molecule has 1 aliphatic heterocycles. The standard InChI is InChI=1S/C7H14S2/c1-6(2)3-8-4-7-5-9-7/h6-7H,3-5H2,1-2H3. The van der Waals surface area contributed by atoms with Crippen LogP contribution in [0.4, 0.5) is 0 Å². The van der Waals surface area contributed by atoms with E-state index in [1.165, 1.54) is 17.3 Å². The van der Waals surface area contributed by atoms with Crippen molar-refractivity contribution in [2.45, 2.75) is 19.1 Å². The van der Waals surface area contributed by atoms with Crippen LogP contribution in [-0.4, -0.2) is 22.5 Å². The van der Waals surface area contributed by atoms with Gasteiger partial charge >= 0.3 is 0 Å². The molecule has 0 nitrogen and oxygen atoms in total. The Balaban J connectivity index is 1.81. The highest BCUT2D eigenvalue weighted by atomic mass is 32.2. The van der Waals surface area contributed by atoms with Crippen LogP contribution in [0.2, 0.25) is 0 Å². The zero-order valence-corrected chi connectivity index (χ0v) is 7.73. The Morgan fingerprint density at radius 1 is 1.67 bits per heavy atom. The summed E-state index contributed by atoms with van der Waals surface area (Å²) in [6.45, 7) is 4.57. The van der Waals surface area contributed by atoms with Gasteiger partial charge in [0, 0.05) is 16.8 Å². The highest BCUT2D eigenvalue weighted by Crippen LogP contribution is 2.33. The molecule has 0 aromatic heterocycles. The lowest BCUT2D eigenvalue weighted by atomic mass is 10.3. The van der Waals surface area contributed by atoms with E-state index in [4.69, 9.17) is 0 Å². The van der Waals surface area contributed by atoms with Crippen molar-refractivity contribution >= 4 is 23.5 Å². The average molecular weight is 162 g/mol. The van der Waals surface area contributed by atoms with E-state index in [1.54, 1.807) is 0 Å². The van der Waals surface area contributed by atoms with Gasteiger partial charge in [-0.05, 0) is 11.7 Å². The lowest BCUT2D eigenvalue weighted by Gasteiger charge is -2.01. The van der Waals surface area contributed by atoms with E-state index >= 15 is 0 Å². The minimum atomic E-state index is 0.874. The third-order valence-corrected chi connectivity index (χ3v) is 3.88. The van der Waals surface area contributed by atoms with E-state index in [1.807, 2.05) is 0 Å². The van der Waals surface area contributed by atoms with Crippen LogP contribution in [0, 0.1) is 5.92 Å². The molecule has 0 aliphatic carbocycles. The molecule has 1 unspecified atom stereocenters. The lowest BCUT2D eigenvalue weighted by Crippen LogP contribution is -1.95. The van der Waals surface area contributed by atoms with Gasteiger partial charge in [0.1, 0.15) is 0 Å². The number of thioether (sulfide) groups is 2. The van der Waals surface area contributed by atoms with Gasteiger partial charge in [-0.1, -0.05) is 13.8 Å². The van der Waals surface area contributed by atoms with Gasteiger partial charge in [0.15, 0.2) is 0 Å². The fraction of sp³-hybridized carbons (Fsp3) is 1.00. The number of hydrogen-bond donors (Lipinski definition) is 0. The van der Waals surface area contributed by atoms with Gasteiger partial charge in [0.25, 0.3) is 0 Å². The highest BCUT2D eigenvalue weighted by Gasteiger charge is 2.21. The van der Waals surface area contributed by atoms with Crippen LogP contribution in [0.1, 0.15) is 13.8 Å². The topological polar surface area (TPSA) is 0 Å². The maximum absolute atomic E-state index is 2.28. The van der Waals surface area contributed by atoms with E-state index < -0.39 is 0 Å². The van der Waals surface area contributed by atoms with Crippen molar-refractivity contribution in [3.05, 3.63) is 0 Å². The third kappa shape index (κ3) is 4.15. The summed E-state index contributed by atoms with van der Waals surface area (Å²) in [5, 5.41) is 1.02. The van der Waals surface area contributed by atoms with Crippen LogP contribution in [0.25, 0.3) is 0 Å². The van der Waals surface area contributed by atoms with Crippen molar-refractivity contribution < 1.29 is 0 Å². The van der Waals surface area contributed by atoms with Gasteiger partial charge in [-0.25, -0.2) is 0 Å². The Kier molecular flexibility index (Phi) is 3.27. The Labute approximate surface area is 66.2 Å². The van der Waals surface area contributed by atoms with Gasteiger partial charge in [-0.2, -0.15) is 23.5 Å². The van der Waals surface area contributed by atoms with E-state index in [0.717, 1.165) is 11.2 Å². The first-order chi connectivity index (χ1) is 4.29. The number of hydrogen-bond acceptors (Lipinski definition) is 2. The molecular formula is C7H14S2. The largest absolute Gasteiger partial charge is 0.161 e. The maximum Gasteiger partial charge on any atom is 0.0229 e. The molecule has 2 heteroatoms. The Hall–Kier alpha value is 0.700. The summed E-state index contributed by atoms with van der Waals surface area (Å²) >= 11 is 4.21. The van der Waals surface area contributed by atoms with Crippen molar-refractivity contribution in [3.8, 4) is 0 Å². The van der Waals surface area contributed by atoms with Crippen LogP contribution >= 0.6 is 23.5 Å². The number of rotatable bonds is 4. The molecule has 1 aliphatic rings. The summed E-state index contributed by atoms with van der Waals surface area (Å²) < 4.78 is 0. The smallest absolute Gasteiger partial charge is 0.0229 e. The second kappa shape index (κ2) is 3.77. The van der Waals surface area contributed by atoms with Gasteiger partial charge in [-0.3, -0.25) is 0 Å². The fourth-order valence-electron chi connectivity index (χ4n) is 0.599. The van der Waals surface area contributed by atoms with Crippen molar-refractivity contribution in [2.24, 2.45) is 5.92 Å². The summed E-state index contributed by atoms with van der Waals surface area (Å²) in [4.78, 5) is 0. The molecule has 0 bridgehead atoms. The van der Waals surface area contributed by atoms with Crippen molar-refractivity contribution in [2.75, 3.05) is 17.3 Å². The molecule has 1 rings (SSSR count). The summed E-state index contributed by atoms with van der Waals surface area (Å²) in [6.07, 6.45) is 0. The van der Waals surface area contributed by atoms with Gasteiger partial charge in [-0.15, -0.1) is 0 Å². The molecular weight excluding hydrogens is 148 g/mol. The monoisotopic (exact) mass is 162 g/mol. The SMILES string of the molecule is CC(C)CSCC1CS1. The zero-order chi connectivity index (χ0) is 6.69. The molecule has 0 N–H and O–H groups in total. The molecule has 1 saturated heterocycles. The zero-order valence-electron chi connectivity index (χ0n) is 6.09. The predicted molar refractivity (Wildman–Crippen MR) is 48.4 cm³/mol. The Bertz CT molecular complexity index is 75.0. The predicted octanol–water partition coefficient (Wildman–Crippen LogP) is 2.49. The molecule has 0 aromatic carbocycles. The lowest BCUT2D eigenvalue weighted by molar-refractivity contribution is 0.750. The van der Waals surface area contributed by atoms with Gasteiger partial charge in [0.05, 0.1) is 0 Å². The summed E-state index contributed by atoms with van der Waals surface area (Å²) in [6, 6.07) is 0. The summed E-state index contributed by atoms with van der Waals surface area (Å²) in [5.74, 6) is 5.03. The van der Waals surface area contributed by atoms with Gasteiger partial charge < -0.3 is 0 Å². The molecule has 9 heavy (non-hydrogen) atoms. The Morgan fingerprint density at radius 3 is 2.78 bits per heavy atom. The van der Waals surface area contributed by atoms with E-state index in [2.05, 4.69) is 37.4 Å². The molecule has 0 spiro atoms. The first kappa shape index (κ1) is 7.80. The van der Waals surface area contributed by atoms with Crippen molar-refractivity contribution in [1.29, 1.82) is 0 Å². The van der Waals surface area contributed by atoms with Crippen LogP contribution in [0.5, 0.6) is 0 Å². The molecule has 0 saturated carbocycles. The highest BCUT2D eigenvalue weighted by molar-refractivity contribution is 8.08. The second-order valence-corrected chi connectivity index (χ2v) is 5.29. The average Bonchev–Trinajstić information content (AvgIpc) is 2.48. The molecule has 0 aromatic rings. The van der Waals surface area contributed by atoms with Crippen molar-refractivity contribution in [1.82, 2.24) is 0 Å². The van der Waals surface area contributed by atoms with Gasteiger partial charge in [0.2, 0.25) is 0 Å². The van der Waals surface area contributed by atoms with E-state index in [-0.39, 0.29) is 0 Å². The molecule has 54 valence electrons. The third-order valence-electron chi connectivity index (χ3n) is 1.16. The van der Waals surface area contributed by atoms with Crippen LogP contribution in [0.15, 0.2) is 0 Å². The summed E-state index contributed by atoms with van der Waals surface area (Å²) in [5.41, 5.74) is 0. The minimum absolute atomic E-state index is 0.874. The normalized spacial score (nSPS) is 25.0. The fourth-order valence-corrected chi connectivity index (χ4v) is 2.66. The molecule has 1 fully saturated rings. The second-order valence-electron chi connectivity index (χ2n) is 2.89. The summed E-state index contributed by atoms with van der Waals surface area (Å²) in [7, 11) is 0. The first-order valence-electron chi connectivity index (χ1n) is 3.48. The van der Waals surface area contributed by atoms with Crippen LogP contribution in [-0.2, 0) is 0 Å². The first-order valence-corrected chi connectivity index (χ1v) is 5.68. The minimum Gasteiger partial charge on any atom is -0.161 e.